The average Bonchev–Trinajstić information content (AvgIpc) is 2.97. The van der Waals surface area contributed by atoms with Crippen molar-refractivity contribution in [3.8, 4) is 0 Å². The van der Waals surface area contributed by atoms with Gasteiger partial charge in [-0.3, -0.25) is 0 Å². The second-order valence-electron chi connectivity index (χ2n) is 11.7. The molecule has 5 nitrogen and oxygen atoms in total. The van der Waals surface area contributed by atoms with E-state index in [-0.39, 0.29) is 27.9 Å². The van der Waals surface area contributed by atoms with Crippen molar-refractivity contribution in [2.45, 2.75) is 68.8 Å². The molecule has 1 aliphatic heterocycles. The van der Waals surface area contributed by atoms with Crippen LogP contribution in [0.1, 0.15) is 47.5 Å². The van der Waals surface area contributed by atoms with Crippen molar-refractivity contribution in [3.63, 3.8) is 0 Å². The molecule has 41 heavy (non-hydrogen) atoms. The maximum absolute atomic E-state index is 11.3. The first-order valence-corrected chi connectivity index (χ1v) is 18.6. The Hall–Kier alpha value is -1.10. The van der Waals surface area contributed by atoms with Gasteiger partial charge >= 0.3 is 0 Å². The van der Waals surface area contributed by atoms with Crippen LogP contribution in [-0.4, -0.2) is 74.9 Å². The monoisotopic (exact) mass is 618 g/mol. The summed E-state index contributed by atoms with van der Waals surface area (Å²) in [5, 5.41) is 13.7. The highest BCUT2D eigenvalue weighted by Gasteiger charge is 2.51. The van der Waals surface area contributed by atoms with Crippen LogP contribution in [0.25, 0.3) is 0 Å². The Balaban J connectivity index is 1.92. The summed E-state index contributed by atoms with van der Waals surface area (Å²) >= 11 is 3.72. The molecule has 0 radical (unpaired) electrons. The van der Waals surface area contributed by atoms with Gasteiger partial charge in [0, 0.05) is 26.1 Å². The lowest BCUT2D eigenvalue weighted by Gasteiger charge is -2.45. The maximum Gasteiger partial charge on any atom is 0.261 e. The van der Waals surface area contributed by atoms with E-state index in [1.165, 1.54) is 10.4 Å². The fourth-order valence-corrected chi connectivity index (χ4v) is 13.5. The van der Waals surface area contributed by atoms with E-state index in [4.69, 9.17) is 18.6 Å². The smallest absolute Gasteiger partial charge is 0.261 e. The van der Waals surface area contributed by atoms with Gasteiger partial charge in [-0.25, -0.2) is 0 Å². The van der Waals surface area contributed by atoms with E-state index in [1.54, 1.807) is 7.11 Å². The molecular formula is C33H50O5S2Si. The first-order chi connectivity index (χ1) is 19.7. The zero-order valence-electron chi connectivity index (χ0n) is 25.7. The molecule has 1 fully saturated rings. The van der Waals surface area contributed by atoms with Crippen LogP contribution in [-0.2, 0) is 18.6 Å². The van der Waals surface area contributed by atoms with Gasteiger partial charge in [0.05, 0.1) is 29.5 Å². The SMILES string of the molecule is C/C=C/C(O)C1(C[C@H](OCOCCOC)[C@H](C)CO[Si](c2ccccc2)(c2ccccc2)C(C)(C)C)SCCCS1. The molecule has 0 aromatic heterocycles. The number of thioether (sulfide) groups is 2. The molecule has 3 rings (SSSR count). The lowest BCUT2D eigenvalue weighted by molar-refractivity contribution is -0.119. The minimum Gasteiger partial charge on any atom is -0.407 e. The molecule has 228 valence electrons. The number of allylic oxidation sites excluding steroid dienone is 1. The van der Waals surface area contributed by atoms with Gasteiger partial charge < -0.3 is 23.7 Å². The maximum atomic E-state index is 11.3. The molecule has 2 aromatic rings. The van der Waals surface area contributed by atoms with Gasteiger partial charge in [0.2, 0.25) is 0 Å². The molecule has 1 unspecified atom stereocenters. The van der Waals surface area contributed by atoms with Crippen molar-refractivity contribution < 1.29 is 23.7 Å². The van der Waals surface area contributed by atoms with E-state index in [1.807, 2.05) is 42.6 Å². The van der Waals surface area contributed by atoms with Gasteiger partial charge in [-0.2, -0.15) is 0 Å². The molecule has 2 aromatic carbocycles. The van der Waals surface area contributed by atoms with E-state index >= 15 is 0 Å². The average molecular weight is 619 g/mol. The predicted octanol–water partition coefficient (Wildman–Crippen LogP) is 6.10. The van der Waals surface area contributed by atoms with Crippen LogP contribution in [0.5, 0.6) is 0 Å². The van der Waals surface area contributed by atoms with Crippen molar-refractivity contribution in [3.05, 3.63) is 72.8 Å². The highest BCUT2D eigenvalue weighted by Crippen LogP contribution is 2.49. The third-order valence-electron chi connectivity index (χ3n) is 7.70. The molecule has 1 aliphatic rings. The highest BCUT2D eigenvalue weighted by molar-refractivity contribution is 8.18. The van der Waals surface area contributed by atoms with E-state index in [0.29, 0.717) is 26.2 Å². The number of ether oxygens (including phenoxy) is 3. The Morgan fingerprint density at radius 1 is 0.976 bits per heavy atom. The van der Waals surface area contributed by atoms with Crippen LogP contribution in [0.2, 0.25) is 5.04 Å². The summed E-state index contributed by atoms with van der Waals surface area (Å²) in [4.78, 5) is 0. The van der Waals surface area contributed by atoms with Crippen molar-refractivity contribution in [2.24, 2.45) is 5.92 Å². The normalized spacial score (nSPS) is 18.3. The number of hydrogen-bond acceptors (Lipinski definition) is 7. The molecule has 1 N–H and O–H groups in total. The minimum atomic E-state index is -2.69. The second-order valence-corrected chi connectivity index (χ2v) is 19.1. The second kappa shape index (κ2) is 16.7. The van der Waals surface area contributed by atoms with Gasteiger partial charge in [-0.15, -0.1) is 23.5 Å². The van der Waals surface area contributed by atoms with Crippen molar-refractivity contribution in [2.75, 3.05) is 45.2 Å². The number of methoxy groups -OCH3 is 1. The summed E-state index contributed by atoms with van der Waals surface area (Å²) in [5.74, 6) is 2.14. The van der Waals surface area contributed by atoms with Gasteiger partial charge in [0.25, 0.3) is 8.32 Å². The third kappa shape index (κ3) is 8.96. The fraction of sp³-hybridized carbons (Fsp3) is 0.576. The topological polar surface area (TPSA) is 57.2 Å². The molecule has 0 aliphatic carbocycles. The van der Waals surface area contributed by atoms with Gasteiger partial charge in [0.15, 0.2) is 0 Å². The number of aliphatic hydroxyl groups excluding tert-OH is 1. The lowest BCUT2D eigenvalue weighted by atomic mass is 9.98. The molecule has 0 saturated carbocycles. The minimum absolute atomic E-state index is 0.0699. The summed E-state index contributed by atoms with van der Waals surface area (Å²) in [7, 11) is -1.02. The first kappa shape index (κ1) is 34.4. The number of hydrogen-bond donors (Lipinski definition) is 1. The van der Waals surface area contributed by atoms with E-state index in [0.717, 1.165) is 17.9 Å². The fourth-order valence-electron chi connectivity index (χ4n) is 5.50. The van der Waals surface area contributed by atoms with Gasteiger partial charge in [0.1, 0.15) is 6.79 Å². The van der Waals surface area contributed by atoms with Crippen LogP contribution < -0.4 is 10.4 Å². The molecular weight excluding hydrogens is 569 g/mol. The molecule has 8 heteroatoms. The number of rotatable bonds is 16. The van der Waals surface area contributed by atoms with Crippen LogP contribution in [0.4, 0.5) is 0 Å². The highest BCUT2D eigenvalue weighted by atomic mass is 32.2. The number of benzene rings is 2. The molecule has 1 heterocycles. The zero-order valence-corrected chi connectivity index (χ0v) is 28.3. The molecule has 0 bridgehead atoms. The lowest BCUT2D eigenvalue weighted by Crippen LogP contribution is -2.67. The molecule has 3 atom stereocenters. The Bertz CT molecular complexity index is 985. The largest absolute Gasteiger partial charge is 0.407 e. The van der Waals surface area contributed by atoms with Crippen LogP contribution in [0.15, 0.2) is 72.8 Å². The van der Waals surface area contributed by atoms with Crippen LogP contribution >= 0.6 is 23.5 Å². The van der Waals surface area contributed by atoms with Crippen molar-refractivity contribution in [1.29, 1.82) is 0 Å². The zero-order chi connectivity index (χ0) is 29.8. The van der Waals surface area contributed by atoms with E-state index in [2.05, 4.69) is 88.4 Å². The summed E-state index contributed by atoms with van der Waals surface area (Å²) < 4.78 is 24.3. The Kier molecular flexibility index (Phi) is 14.0. The summed E-state index contributed by atoms with van der Waals surface area (Å²) in [5.41, 5.74) is 0. The van der Waals surface area contributed by atoms with Gasteiger partial charge in [-0.05, 0) is 40.3 Å². The summed E-state index contributed by atoms with van der Waals surface area (Å²) in [6.45, 7) is 12.8. The van der Waals surface area contributed by atoms with Crippen molar-refractivity contribution in [1.82, 2.24) is 0 Å². The Morgan fingerprint density at radius 3 is 2.07 bits per heavy atom. The van der Waals surface area contributed by atoms with Crippen molar-refractivity contribution >= 4 is 42.2 Å². The van der Waals surface area contributed by atoms with Crippen LogP contribution in [0, 0.1) is 5.92 Å². The number of aliphatic hydroxyl groups is 1. The van der Waals surface area contributed by atoms with Crippen LogP contribution in [0.3, 0.4) is 0 Å². The Morgan fingerprint density at radius 2 is 1.56 bits per heavy atom. The summed E-state index contributed by atoms with van der Waals surface area (Å²) in [6, 6.07) is 21.5. The molecule has 0 spiro atoms. The summed E-state index contributed by atoms with van der Waals surface area (Å²) in [6.07, 6.45) is 4.99. The molecule has 0 amide bonds. The predicted molar refractivity (Wildman–Crippen MR) is 178 cm³/mol. The van der Waals surface area contributed by atoms with E-state index in [9.17, 15) is 5.11 Å². The van der Waals surface area contributed by atoms with E-state index < -0.39 is 14.4 Å². The Labute approximate surface area is 257 Å². The quantitative estimate of drug-likeness (QED) is 0.106. The van der Waals surface area contributed by atoms with Gasteiger partial charge in [-0.1, -0.05) is 101 Å². The third-order valence-corrected chi connectivity index (χ3v) is 16.2. The molecule has 1 saturated heterocycles. The standard InChI is InChI=1S/C33H50O5S2Si/c1-7-15-31(34)33(39-22-14-23-40-33)24-30(37-26-36-21-20-35-6)27(2)25-38-41(32(3,4)5,28-16-10-8-11-17-28)29-18-12-9-13-19-29/h7-13,15-19,27,30-31,34H,14,20-26H2,1-6H3/b15-7+/t27-,30+,31?/m1/s1. The first-order valence-electron chi connectivity index (χ1n) is 14.7.